The van der Waals surface area contributed by atoms with Crippen molar-refractivity contribution in [1.82, 2.24) is 0 Å². The summed E-state index contributed by atoms with van der Waals surface area (Å²) < 4.78 is 12.8. The normalized spacial score (nSPS) is 11.7. The molecule has 1 N–H and O–H groups in total. The molecule has 2 rings (SSSR count). The molecule has 4 heteroatoms. The highest BCUT2D eigenvalue weighted by Gasteiger charge is 2.07. The number of rotatable bonds is 4. The smallest absolute Gasteiger partial charge is 0.123 e. The van der Waals surface area contributed by atoms with Crippen LogP contribution in [0.25, 0.3) is 0 Å². The van der Waals surface area contributed by atoms with Gasteiger partial charge in [-0.15, -0.1) is 0 Å². The predicted octanol–water partition coefficient (Wildman–Crippen LogP) is 4.39. The lowest BCUT2D eigenvalue weighted by molar-refractivity contribution is 0.626. The summed E-state index contributed by atoms with van der Waals surface area (Å²) in [6, 6.07) is 13.8. The quantitative estimate of drug-likeness (QED) is 0.905. The Bertz CT molecular complexity index is 632. The molecule has 0 fully saturated rings. The summed E-state index contributed by atoms with van der Waals surface area (Å²) >= 11 is 6.11. The van der Waals surface area contributed by atoms with Crippen LogP contribution in [0.15, 0.2) is 42.5 Å². The van der Waals surface area contributed by atoms with Crippen LogP contribution in [0, 0.1) is 17.1 Å². The van der Waals surface area contributed by atoms with Gasteiger partial charge in [-0.05, 0) is 49.2 Å². The van der Waals surface area contributed by atoms with Crippen molar-refractivity contribution < 1.29 is 4.39 Å². The molecule has 0 spiro atoms. The number of hydrogen-bond acceptors (Lipinski definition) is 2. The second-order valence-corrected chi connectivity index (χ2v) is 5.09. The molecule has 0 aromatic heterocycles. The van der Waals surface area contributed by atoms with Gasteiger partial charge in [0.1, 0.15) is 5.82 Å². The van der Waals surface area contributed by atoms with E-state index in [1.165, 1.54) is 12.1 Å². The molecule has 0 saturated heterocycles. The largest absolute Gasteiger partial charge is 0.381 e. The van der Waals surface area contributed by atoms with Crippen LogP contribution in [0.3, 0.4) is 0 Å². The lowest BCUT2D eigenvalue weighted by Gasteiger charge is -2.16. The highest BCUT2D eigenvalue weighted by atomic mass is 35.5. The van der Waals surface area contributed by atoms with Crippen LogP contribution >= 0.6 is 11.6 Å². The second kappa shape index (κ2) is 6.40. The van der Waals surface area contributed by atoms with Gasteiger partial charge in [0.05, 0.1) is 22.3 Å². The number of benzene rings is 2. The zero-order chi connectivity index (χ0) is 14.5. The minimum atomic E-state index is -0.232. The van der Waals surface area contributed by atoms with Crippen LogP contribution in [-0.4, -0.2) is 6.04 Å². The minimum Gasteiger partial charge on any atom is -0.381 e. The first kappa shape index (κ1) is 14.4. The summed E-state index contributed by atoms with van der Waals surface area (Å²) in [5.41, 5.74) is 2.38. The van der Waals surface area contributed by atoms with Gasteiger partial charge in [-0.2, -0.15) is 5.26 Å². The van der Waals surface area contributed by atoms with Gasteiger partial charge < -0.3 is 5.32 Å². The molecule has 1 unspecified atom stereocenters. The Morgan fingerprint density at radius 1 is 1.25 bits per heavy atom. The molecule has 0 aliphatic rings. The molecule has 0 amide bonds. The summed E-state index contributed by atoms with van der Waals surface area (Å²) in [7, 11) is 0. The van der Waals surface area contributed by atoms with Crippen molar-refractivity contribution in [3.63, 3.8) is 0 Å². The van der Waals surface area contributed by atoms with E-state index in [1.807, 2.05) is 13.0 Å². The first-order valence-corrected chi connectivity index (χ1v) is 6.67. The Labute approximate surface area is 122 Å². The lowest BCUT2D eigenvalue weighted by Crippen LogP contribution is -2.18. The molecule has 0 heterocycles. The first-order valence-electron chi connectivity index (χ1n) is 6.29. The Balaban J connectivity index is 2.03. The van der Waals surface area contributed by atoms with Gasteiger partial charge in [0, 0.05) is 6.04 Å². The Morgan fingerprint density at radius 3 is 2.55 bits per heavy atom. The SMILES string of the molecule is CC(Cc1ccc(F)cc1)Nc1ccc(C#N)cc1Cl. The topological polar surface area (TPSA) is 35.8 Å². The molecule has 0 aliphatic carbocycles. The Hall–Kier alpha value is -2.05. The summed E-state index contributed by atoms with van der Waals surface area (Å²) in [5.74, 6) is -0.232. The fourth-order valence-electron chi connectivity index (χ4n) is 1.99. The van der Waals surface area contributed by atoms with Crippen molar-refractivity contribution in [1.29, 1.82) is 5.26 Å². The van der Waals surface area contributed by atoms with Crippen molar-refractivity contribution in [2.75, 3.05) is 5.32 Å². The fourth-order valence-corrected chi connectivity index (χ4v) is 2.23. The summed E-state index contributed by atoms with van der Waals surface area (Å²) in [6.45, 7) is 2.03. The molecule has 2 aromatic carbocycles. The molecule has 0 aliphatic heterocycles. The van der Waals surface area contributed by atoms with E-state index in [4.69, 9.17) is 16.9 Å². The van der Waals surface area contributed by atoms with E-state index in [-0.39, 0.29) is 11.9 Å². The fraction of sp³-hybridized carbons (Fsp3) is 0.188. The second-order valence-electron chi connectivity index (χ2n) is 4.68. The number of anilines is 1. The predicted molar refractivity (Wildman–Crippen MR) is 79.4 cm³/mol. The van der Waals surface area contributed by atoms with Gasteiger partial charge in [-0.3, -0.25) is 0 Å². The van der Waals surface area contributed by atoms with Crippen LogP contribution in [-0.2, 0) is 6.42 Å². The standard InChI is InChI=1S/C16H14ClFN2/c1-11(8-12-2-5-14(18)6-3-12)20-16-7-4-13(10-19)9-15(16)17/h2-7,9,11,20H,8H2,1H3. The summed E-state index contributed by atoms with van der Waals surface area (Å²) in [4.78, 5) is 0. The van der Waals surface area contributed by atoms with Crippen LogP contribution < -0.4 is 5.32 Å². The van der Waals surface area contributed by atoms with Crippen LogP contribution in [0.5, 0.6) is 0 Å². The molecule has 1 atom stereocenters. The van der Waals surface area contributed by atoms with E-state index < -0.39 is 0 Å². The molecule has 102 valence electrons. The molecule has 0 bridgehead atoms. The Morgan fingerprint density at radius 2 is 1.95 bits per heavy atom. The van der Waals surface area contributed by atoms with Gasteiger partial charge >= 0.3 is 0 Å². The molecule has 0 saturated carbocycles. The molecular formula is C16H14ClFN2. The van der Waals surface area contributed by atoms with E-state index in [1.54, 1.807) is 30.3 Å². The van der Waals surface area contributed by atoms with E-state index in [9.17, 15) is 4.39 Å². The Kier molecular flexibility index (Phi) is 4.60. The summed E-state index contributed by atoms with van der Waals surface area (Å²) in [6.07, 6.45) is 0.761. The van der Waals surface area contributed by atoms with E-state index in [0.29, 0.717) is 10.6 Å². The third-order valence-electron chi connectivity index (χ3n) is 2.96. The highest BCUT2D eigenvalue weighted by Crippen LogP contribution is 2.24. The van der Waals surface area contributed by atoms with Crippen molar-refractivity contribution >= 4 is 17.3 Å². The van der Waals surface area contributed by atoms with Crippen molar-refractivity contribution in [2.24, 2.45) is 0 Å². The number of nitriles is 1. The minimum absolute atomic E-state index is 0.144. The maximum absolute atomic E-state index is 12.8. The average molecular weight is 289 g/mol. The van der Waals surface area contributed by atoms with Crippen LogP contribution in [0.4, 0.5) is 10.1 Å². The molecular weight excluding hydrogens is 275 g/mol. The van der Waals surface area contributed by atoms with Gasteiger partial charge in [0.25, 0.3) is 0 Å². The van der Waals surface area contributed by atoms with E-state index >= 15 is 0 Å². The van der Waals surface area contributed by atoms with Crippen molar-refractivity contribution in [3.05, 3.63) is 64.4 Å². The van der Waals surface area contributed by atoms with Crippen molar-refractivity contribution in [2.45, 2.75) is 19.4 Å². The van der Waals surface area contributed by atoms with Crippen LogP contribution in [0.1, 0.15) is 18.1 Å². The number of nitrogens with zero attached hydrogens (tertiary/aromatic N) is 1. The number of hydrogen-bond donors (Lipinski definition) is 1. The molecule has 20 heavy (non-hydrogen) atoms. The third kappa shape index (κ3) is 3.72. The van der Waals surface area contributed by atoms with Crippen LogP contribution in [0.2, 0.25) is 5.02 Å². The zero-order valence-electron chi connectivity index (χ0n) is 11.0. The van der Waals surface area contributed by atoms with Gasteiger partial charge in [0.2, 0.25) is 0 Å². The van der Waals surface area contributed by atoms with Gasteiger partial charge in [-0.25, -0.2) is 4.39 Å². The molecule has 2 nitrogen and oxygen atoms in total. The number of halogens is 2. The molecule has 0 radical (unpaired) electrons. The van der Waals surface area contributed by atoms with E-state index in [2.05, 4.69) is 5.32 Å². The highest BCUT2D eigenvalue weighted by molar-refractivity contribution is 6.33. The number of nitrogens with one attached hydrogen (secondary N) is 1. The lowest BCUT2D eigenvalue weighted by atomic mass is 10.1. The monoisotopic (exact) mass is 288 g/mol. The maximum atomic E-state index is 12.8. The van der Waals surface area contributed by atoms with Gasteiger partial charge in [-0.1, -0.05) is 23.7 Å². The third-order valence-corrected chi connectivity index (χ3v) is 3.27. The first-order chi connectivity index (χ1) is 9.58. The average Bonchev–Trinajstić information content (AvgIpc) is 2.43. The van der Waals surface area contributed by atoms with Gasteiger partial charge in [0.15, 0.2) is 0 Å². The maximum Gasteiger partial charge on any atom is 0.123 e. The zero-order valence-corrected chi connectivity index (χ0v) is 11.8. The van der Waals surface area contributed by atoms with Crippen molar-refractivity contribution in [3.8, 4) is 6.07 Å². The van der Waals surface area contributed by atoms with E-state index in [0.717, 1.165) is 17.7 Å². The summed E-state index contributed by atoms with van der Waals surface area (Å²) in [5, 5.41) is 12.6. The molecule has 2 aromatic rings.